The van der Waals surface area contributed by atoms with Gasteiger partial charge in [-0.25, -0.2) is 0 Å². The van der Waals surface area contributed by atoms with Crippen LogP contribution in [0.2, 0.25) is 0 Å². The van der Waals surface area contributed by atoms with Crippen molar-refractivity contribution in [2.24, 2.45) is 0 Å². The molecular weight excluding hydrogens is 318 g/mol. The number of hydrogen-bond acceptors (Lipinski definition) is 3. The van der Waals surface area contributed by atoms with Crippen LogP contribution in [0.1, 0.15) is 10.4 Å². The highest BCUT2D eigenvalue weighted by Gasteiger charge is 2.16. The van der Waals surface area contributed by atoms with Crippen LogP contribution in [0.4, 0.5) is 0 Å². The first kappa shape index (κ1) is 14.7. The molecule has 1 aromatic heterocycles. The number of aromatic nitrogens is 1. The largest absolute Gasteiger partial charge is 0.618 e. The number of nitrogens with zero attached hydrogens (tertiary/aromatic N) is 1. The van der Waals surface area contributed by atoms with Crippen LogP contribution in [0.5, 0.6) is 0 Å². The monoisotopic (exact) mass is 331 g/mol. The Morgan fingerprint density at radius 1 is 0.792 bits per heavy atom. The Labute approximate surface area is 143 Å². The molecule has 3 aromatic carbocycles. The first-order chi connectivity index (χ1) is 11.8. The normalized spacial score (nSPS) is 11.0. The van der Waals surface area contributed by atoms with Crippen LogP contribution in [0.15, 0.2) is 82.8 Å². The molecule has 4 aromatic rings. The van der Waals surface area contributed by atoms with Gasteiger partial charge in [0.1, 0.15) is 0 Å². The summed E-state index contributed by atoms with van der Waals surface area (Å²) in [7, 11) is 0. The van der Waals surface area contributed by atoms with Crippen LogP contribution in [-0.2, 0) is 0 Å². The van der Waals surface area contributed by atoms with E-state index >= 15 is 0 Å². The topological polar surface area (TPSA) is 44.0 Å². The molecule has 4 heteroatoms. The first-order valence-electron chi connectivity index (χ1n) is 7.54. The summed E-state index contributed by atoms with van der Waals surface area (Å²) in [5.74, 6) is 0. The minimum Gasteiger partial charge on any atom is -0.618 e. The fourth-order valence-corrected chi connectivity index (χ4v) is 4.04. The van der Waals surface area contributed by atoms with Gasteiger partial charge in [-0.3, -0.25) is 4.79 Å². The predicted octanol–water partition coefficient (Wildman–Crippen LogP) is 4.59. The third-order valence-electron chi connectivity index (χ3n) is 4.04. The first-order valence-corrected chi connectivity index (χ1v) is 8.36. The third-order valence-corrected chi connectivity index (χ3v) is 5.21. The highest BCUT2D eigenvalue weighted by molar-refractivity contribution is 7.99. The van der Waals surface area contributed by atoms with Crippen molar-refractivity contribution < 1.29 is 9.52 Å². The Kier molecular flexibility index (Phi) is 3.67. The Morgan fingerprint density at radius 2 is 1.33 bits per heavy atom. The number of carbonyl (C=O) groups excluding carboxylic acids is 1. The quantitative estimate of drug-likeness (QED) is 0.239. The van der Waals surface area contributed by atoms with Crippen molar-refractivity contribution >= 4 is 39.6 Å². The molecule has 0 amide bonds. The summed E-state index contributed by atoms with van der Waals surface area (Å²) >= 11 is 1.43. The van der Waals surface area contributed by atoms with Gasteiger partial charge in [-0.15, -0.1) is 0 Å². The minimum atomic E-state index is 0.603. The van der Waals surface area contributed by atoms with Crippen LogP contribution < -0.4 is 4.73 Å². The van der Waals surface area contributed by atoms with Gasteiger partial charge in [0, 0.05) is 22.6 Å². The van der Waals surface area contributed by atoms with Crippen molar-refractivity contribution in [2.45, 2.75) is 9.92 Å². The molecule has 0 saturated carbocycles. The SMILES string of the molecule is O=Cc1c2ccccc2c(Sc2cccc[n+]2[O-])c2ccccc12. The molecule has 3 nitrogen and oxygen atoms in total. The average molecular weight is 331 g/mol. The molecule has 0 atom stereocenters. The van der Waals surface area contributed by atoms with Crippen molar-refractivity contribution in [3.63, 3.8) is 0 Å². The Hall–Kier alpha value is -2.85. The minimum absolute atomic E-state index is 0.603. The highest BCUT2D eigenvalue weighted by atomic mass is 32.2. The van der Waals surface area contributed by atoms with Gasteiger partial charge in [0.2, 0.25) is 0 Å². The lowest BCUT2D eigenvalue weighted by atomic mass is 9.97. The van der Waals surface area contributed by atoms with E-state index in [0.29, 0.717) is 10.6 Å². The molecule has 0 aliphatic heterocycles. The molecule has 24 heavy (non-hydrogen) atoms. The average Bonchev–Trinajstić information content (AvgIpc) is 2.63. The van der Waals surface area contributed by atoms with E-state index in [1.54, 1.807) is 12.1 Å². The molecule has 0 aliphatic rings. The van der Waals surface area contributed by atoms with Crippen LogP contribution in [0, 0.1) is 5.21 Å². The van der Waals surface area contributed by atoms with Crippen LogP contribution in [-0.4, -0.2) is 6.29 Å². The van der Waals surface area contributed by atoms with E-state index in [-0.39, 0.29) is 0 Å². The summed E-state index contributed by atoms with van der Waals surface area (Å²) in [5.41, 5.74) is 0.689. The van der Waals surface area contributed by atoms with Gasteiger partial charge >= 0.3 is 0 Å². The third kappa shape index (κ3) is 2.32. The zero-order chi connectivity index (χ0) is 16.5. The van der Waals surface area contributed by atoms with Crippen LogP contribution >= 0.6 is 11.8 Å². The summed E-state index contributed by atoms with van der Waals surface area (Å²) in [6, 6.07) is 21.0. The van der Waals surface area contributed by atoms with Crippen molar-refractivity contribution in [3.8, 4) is 0 Å². The fourth-order valence-electron chi connectivity index (χ4n) is 2.96. The summed E-state index contributed by atoms with van der Waals surface area (Å²) in [6.07, 6.45) is 2.40. The number of benzene rings is 3. The van der Waals surface area contributed by atoms with E-state index in [4.69, 9.17) is 0 Å². The van der Waals surface area contributed by atoms with Gasteiger partial charge < -0.3 is 5.21 Å². The van der Waals surface area contributed by atoms with Gasteiger partial charge in [-0.2, -0.15) is 4.73 Å². The van der Waals surface area contributed by atoms with E-state index in [1.165, 1.54) is 18.0 Å². The smallest absolute Gasteiger partial charge is 0.256 e. The molecule has 0 N–H and O–H groups in total. The summed E-state index contributed by atoms with van der Waals surface area (Å²) in [5, 5.41) is 16.4. The molecule has 0 aliphatic carbocycles. The van der Waals surface area contributed by atoms with E-state index in [0.717, 1.165) is 37.5 Å². The zero-order valence-electron chi connectivity index (χ0n) is 12.7. The lowest BCUT2D eigenvalue weighted by molar-refractivity contribution is -0.645. The molecule has 0 fully saturated rings. The second-order valence-corrected chi connectivity index (χ2v) is 6.45. The van der Waals surface area contributed by atoms with Crippen molar-refractivity contribution in [3.05, 3.63) is 83.7 Å². The van der Waals surface area contributed by atoms with Crippen molar-refractivity contribution in [2.75, 3.05) is 0 Å². The Balaban J connectivity index is 2.09. The van der Waals surface area contributed by atoms with Gasteiger partial charge in [-0.1, -0.05) is 48.5 Å². The number of pyridine rings is 1. The van der Waals surface area contributed by atoms with Gasteiger partial charge in [0.05, 0.1) is 0 Å². The van der Waals surface area contributed by atoms with Crippen LogP contribution in [0.3, 0.4) is 0 Å². The lowest BCUT2D eigenvalue weighted by Gasteiger charge is -2.13. The molecule has 0 unspecified atom stereocenters. The number of carbonyl (C=O) groups is 1. The predicted molar refractivity (Wildman–Crippen MR) is 96.4 cm³/mol. The van der Waals surface area contributed by atoms with Crippen molar-refractivity contribution in [1.82, 2.24) is 0 Å². The number of aldehydes is 1. The maximum atomic E-state index is 12.1. The van der Waals surface area contributed by atoms with Gasteiger partial charge in [-0.05, 0) is 39.4 Å². The maximum Gasteiger partial charge on any atom is 0.256 e. The number of fused-ring (bicyclic) bond motifs is 2. The zero-order valence-corrected chi connectivity index (χ0v) is 13.5. The van der Waals surface area contributed by atoms with Crippen LogP contribution in [0.25, 0.3) is 21.5 Å². The Morgan fingerprint density at radius 3 is 1.88 bits per heavy atom. The standard InChI is InChI=1S/C20H13NO2S/c22-13-18-14-7-1-3-9-16(14)20(17-10-4-2-8-15(17)18)24-19-11-5-6-12-21(19)23/h1-13H. The number of hydrogen-bond donors (Lipinski definition) is 0. The maximum absolute atomic E-state index is 12.1. The molecule has 1 heterocycles. The number of rotatable bonds is 3. The van der Waals surface area contributed by atoms with Gasteiger partial charge in [0.15, 0.2) is 12.5 Å². The second-order valence-electron chi connectivity index (χ2n) is 5.42. The molecular formula is C20H13NO2S. The molecule has 0 saturated heterocycles. The molecule has 4 rings (SSSR count). The summed E-state index contributed by atoms with van der Waals surface area (Å²) in [6.45, 7) is 0. The molecule has 116 valence electrons. The van der Waals surface area contributed by atoms with E-state index in [1.807, 2.05) is 54.6 Å². The summed E-state index contributed by atoms with van der Waals surface area (Å²) < 4.78 is 0.863. The Bertz CT molecular complexity index is 1020. The molecule has 0 radical (unpaired) electrons. The fraction of sp³-hybridized carbons (Fsp3) is 0. The summed E-state index contributed by atoms with van der Waals surface area (Å²) in [4.78, 5) is 12.7. The van der Waals surface area contributed by atoms with E-state index in [2.05, 4.69) is 0 Å². The second kappa shape index (κ2) is 5.98. The van der Waals surface area contributed by atoms with Gasteiger partial charge in [0.25, 0.3) is 5.03 Å². The lowest BCUT2D eigenvalue weighted by Crippen LogP contribution is -2.27. The highest BCUT2D eigenvalue weighted by Crippen LogP contribution is 2.40. The molecule has 0 bridgehead atoms. The molecule has 0 spiro atoms. The van der Waals surface area contributed by atoms with E-state index in [9.17, 15) is 10.0 Å². The van der Waals surface area contributed by atoms with E-state index < -0.39 is 0 Å². The van der Waals surface area contributed by atoms with Crippen molar-refractivity contribution in [1.29, 1.82) is 0 Å².